The molecule has 2 aromatic rings. The maximum Gasteiger partial charge on any atom is 0.183 e. The Morgan fingerprint density at radius 3 is 2.94 bits per heavy atom. The number of nitrogens with zero attached hydrogens (tertiary/aromatic N) is 2. The lowest BCUT2D eigenvalue weighted by atomic mass is 10.2. The second kappa shape index (κ2) is 5.41. The number of hydrogen-bond acceptors (Lipinski definition) is 4. The summed E-state index contributed by atoms with van der Waals surface area (Å²) >= 11 is 4.82. The van der Waals surface area contributed by atoms with Crippen LogP contribution in [0.5, 0.6) is 5.75 Å². The standard InChI is InChI=1S/C11H11BrN2OS/c1-8-3-2-4-9(7-8)15-6-5-10-13-14-11(12)16-10/h2-4,7H,5-6H2,1H3. The highest BCUT2D eigenvalue weighted by Crippen LogP contribution is 2.17. The molecule has 0 N–H and O–H groups in total. The van der Waals surface area contributed by atoms with E-state index in [-0.39, 0.29) is 0 Å². The van der Waals surface area contributed by atoms with Crippen LogP contribution in [-0.2, 0) is 6.42 Å². The van der Waals surface area contributed by atoms with Crippen LogP contribution in [-0.4, -0.2) is 16.8 Å². The summed E-state index contributed by atoms with van der Waals surface area (Å²) in [6.07, 6.45) is 0.789. The van der Waals surface area contributed by atoms with Gasteiger partial charge < -0.3 is 4.74 Å². The van der Waals surface area contributed by atoms with Crippen molar-refractivity contribution in [1.29, 1.82) is 0 Å². The topological polar surface area (TPSA) is 35.0 Å². The van der Waals surface area contributed by atoms with Crippen molar-refractivity contribution in [3.8, 4) is 5.75 Å². The fourth-order valence-corrected chi connectivity index (χ4v) is 2.48. The number of aryl methyl sites for hydroxylation is 1. The largest absolute Gasteiger partial charge is 0.493 e. The molecule has 0 saturated carbocycles. The fourth-order valence-electron chi connectivity index (χ4n) is 1.30. The predicted octanol–water partition coefficient (Wildman–Crippen LogP) is 3.23. The highest BCUT2D eigenvalue weighted by molar-refractivity contribution is 9.11. The molecule has 1 heterocycles. The van der Waals surface area contributed by atoms with Crippen LogP contribution in [0.2, 0.25) is 0 Å². The SMILES string of the molecule is Cc1cccc(OCCc2nnc(Br)s2)c1. The van der Waals surface area contributed by atoms with Gasteiger partial charge in [-0.1, -0.05) is 23.5 Å². The Bertz CT molecular complexity index is 473. The van der Waals surface area contributed by atoms with Crippen LogP contribution < -0.4 is 4.74 Å². The third kappa shape index (κ3) is 3.28. The van der Waals surface area contributed by atoms with Gasteiger partial charge in [-0.2, -0.15) is 0 Å². The zero-order valence-electron chi connectivity index (χ0n) is 8.81. The maximum atomic E-state index is 5.62. The Morgan fingerprint density at radius 2 is 2.25 bits per heavy atom. The Hall–Kier alpha value is -0.940. The summed E-state index contributed by atoms with van der Waals surface area (Å²) < 4.78 is 6.44. The minimum Gasteiger partial charge on any atom is -0.493 e. The van der Waals surface area contributed by atoms with E-state index >= 15 is 0 Å². The molecule has 0 amide bonds. The Morgan fingerprint density at radius 1 is 1.38 bits per heavy atom. The zero-order valence-corrected chi connectivity index (χ0v) is 11.2. The van der Waals surface area contributed by atoms with Crippen molar-refractivity contribution in [3.63, 3.8) is 0 Å². The van der Waals surface area contributed by atoms with Gasteiger partial charge >= 0.3 is 0 Å². The molecule has 0 saturated heterocycles. The Kier molecular flexibility index (Phi) is 3.90. The number of hydrogen-bond donors (Lipinski definition) is 0. The first-order valence-corrected chi connectivity index (χ1v) is 6.52. The van der Waals surface area contributed by atoms with Gasteiger partial charge in [0.2, 0.25) is 0 Å². The average molecular weight is 299 g/mol. The van der Waals surface area contributed by atoms with Crippen molar-refractivity contribution >= 4 is 27.3 Å². The van der Waals surface area contributed by atoms with E-state index in [2.05, 4.69) is 39.1 Å². The molecule has 0 unspecified atom stereocenters. The molecule has 0 aliphatic rings. The third-order valence-electron chi connectivity index (χ3n) is 2.02. The summed E-state index contributed by atoms with van der Waals surface area (Å²) in [6, 6.07) is 8.03. The normalized spacial score (nSPS) is 10.4. The van der Waals surface area contributed by atoms with E-state index in [1.807, 2.05) is 18.2 Å². The molecule has 3 nitrogen and oxygen atoms in total. The van der Waals surface area contributed by atoms with Crippen LogP contribution in [0, 0.1) is 6.92 Å². The van der Waals surface area contributed by atoms with Gasteiger partial charge in [0.15, 0.2) is 3.92 Å². The van der Waals surface area contributed by atoms with Gasteiger partial charge in [0, 0.05) is 6.42 Å². The number of ether oxygens (including phenoxy) is 1. The van der Waals surface area contributed by atoms with Crippen LogP contribution in [0.3, 0.4) is 0 Å². The summed E-state index contributed by atoms with van der Waals surface area (Å²) in [6.45, 7) is 2.68. The van der Waals surface area contributed by atoms with Gasteiger partial charge in [-0.05, 0) is 40.5 Å². The first-order chi connectivity index (χ1) is 7.74. The highest BCUT2D eigenvalue weighted by atomic mass is 79.9. The van der Waals surface area contributed by atoms with Crippen molar-refractivity contribution in [2.75, 3.05) is 6.61 Å². The van der Waals surface area contributed by atoms with Crippen LogP contribution in [0.15, 0.2) is 28.2 Å². The zero-order chi connectivity index (χ0) is 11.4. The molecule has 1 aromatic heterocycles. The van der Waals surface area contributed by atoms with E-state index in [9.17, 15) is 0 Å². The monoisotopic (exact) mass is 298 g/mol. The molecular weight excluding hydrogens is 288 g/mol. The summed E-state index contributed by atoms with van der Waals surface area (Å²) in [5.41, 5.74) is 1.20. The summed E-state index contributed by atoms with van der Waals surface area (Å²) in [5.74, 6) is 0.906. The molecule has 0 aliphatic heterocycles. The van der Waals surface area contributed by atoms with Crippen molar-refractivity contribution < 1.29 is 4.74 Å². The van der Waals surface area contributed by atoms with E-state index < -0.39 is 0 Å². The van der Waals surface area contributed by atoms with Gasteiger partial charge in [-0.15, -0.1) is 10.2 Å². The van der Waals surface area contributed by atoms with Crippen molar-refractivity contribution in [1.82, 2.24) is 10.2 Å². The smallest absolute Gasteiger partial charge is 0.183 e. The number of benzene rings is 1. The van der Waals surface area contributed by atoms with Crippen LogP contribution >= 0.6 is 27.3 Å². The van der Waals surface area contributed by atoms with Crippen molar-refractivity contribution in [2.45, 2.75) is 13.3 Å². The quantitative estimate of drug-likeness (QED) is 0.869. The minimum absolute atomic E-state index is 0.630. The van der Waals surface area contributed by atoms with E-state index in [0.29, 0.717) is 6.61 Å². The number of rotatable bonds is 4. The van der Waals surface area contributed by atoms with E-state index in [4.69, 9.17) is 4.74 Å². The minimum atomic E-state index is 0.630. The molecule has 0 aliphatic carbocycles. The van der Waals surface area contributed by atoms with Crippen LogP contribution in [0.4, 0.5) is 0 Å². The van der Waals surface area contributed by atoms with Gasteiger partial charge in [-0.25, -0.2) is 0 Å². The Balaban J connectivity index is 1.84. The fraction of sp³-hybridized carbons (Fsp3) is 0.273. The van der Waals surface area contributed by atoms with Crippen LogP contribution in [0.1, 0.15) is 10.6 Å². The molecule has 0 atom stereocenters. The molecule has 2 rings (SSSR count). The summed E-state index contributed by atoms with van der Waals surface area (Å²) in [4.78, 5) is 0. The van der Waals surface area contributed by atoms with Gasteiger partial charge in [0.05, 0.1) is 6.61 Å². The van der Waals surface area contributed by atoms with E-state index in [1.54, 1.807) is 11.3 Å². The number of halogens is 1. The summed E-state index contributed by atoms with van der Waals surface area (Å²) in [7, 11) is 0. The summed E-state index contributed by atoms with van der Waals surface area (Å²) in [5, 5.41) is 8.88. The average Bonchev–Trinajstić information content (AvgIpc) is 2.64. The first-order valence-electron chi connectivity index (χ1n) is 4.91. The molecule has 16 heavy (non-hydrogen) atoms. The molecular formula is C11H11BrN2OS. The molecule has 0 bridgehead atoms. The highest BCUT2D eigenvalue weighted by Gasteiger charge is 2.01. The van der Waals surface area contributed by atoms with Gasteiger partial charge in [0.25, 0.3) is 0 Å². The first kappa shape index (κ1) is 11.5. The molecule has 1 aromatic carbocycles. The van der Waals surface area contributed by atoms with Crippen LogP contribution in [0.25, 0.3) is 0 Å². The molecule has 5 heteroatoms. The lowest BCUT2D eigenvalue weighted by molar-refractivity contribution is 0.321. The molecule has 0 fully saturated rings. The third-order valence-corrected chi connectivity index (χ3v) is 3.43. The molecule has 84 valence electrons. The van der Waals surface area contributed by atoms with Gasteiger partial charge in [-0.3, -0.25) is 0 Å². The van der Waals surface area contributed by atoms with E-state index in [1.165, 1.54) is 5.56 Å². The number of aromatic nitrogens is 2. The predicted molar refractivity (Wildman–Crippen MR) is 68.0 cm³/mol. The van der Waals surface area contributed by atoms with E-state index in [0.717, 1.165) is 21.1 Å². The maximum absolute atomic E-state index is 5.62. The molecule has 0 radical (unpaired) electrons. The second-order valence-electron chi connectivity index (χ2n) is 3.36. The molecule has 0 spiro atoms. The Labute approximate surface area is 107 Å². The van der Waals surface area contributed by atoms with Crippen molar-refractivity contribution in [2.24, 2.45) is 0 Å². The van der Waals surface area contributed by atoms with Gasteiger partial charge in [0.1, 0.15) is 10.8 Å². The van der Waals surface area contributed by atoms with Crippen molar-refractivity contribution in [3.05, 3.63) is 38.8 Å². The lowest BCUT2D eigenvalue weighted by Crippen LogP contribution is -2.01. The second-order valence-corrected chi connectivity index (χ2v) is 5.70. The lowest BCUT2D eigenvalue weighted by Gasteiger charge is -2.04.